The van der Waals surface area contributed by atoms with Gasteiger partial charge in [0.25, 0.3) is 0 Å². The van der Waals surface area contributed by atoms with Crippen LogP contribution in [0.5, 0.6) is 0 Å². The number of nitrogens with zero attached hydrogens (tertiary/aromatic N) is 1. The first-order chi connectivity index (χ1) is 18.8. The molecule has 0 unspecified atom stereocenters. The van der Waals surface area contributed by atoms with Gasteiger partial charge in [-0.2, -0.15) is 0 Å². The minimum absolute atomic E-state index is 0.0682. The molecule has 9 heteroatoms. The van der Waals surface area contributed by atoms with Gasteiger partial charge in [-0.3, -0.25) is 9.59 Å². The Morgan fingerprint density at radius 3 is 2.33 bits per heavy atom. The van der Waals surface area contributed by atoms with E-state index in [9.17, 15) is 19.5 Å². The van der Waals surface area contributed by atoms with E-state index in [0.717, 1.165) is 31.4 Å². The smallest absolute Gasteiger partial charge is 0.317 e. The number of amides is 4. The predicted molar refractivity (Wildman–Crippen MR) is 160 cm³/mol. The van der Waals surface area contributed by atoms with Crippen LogP contribution in [0.4, 0.5) is 4.79 Å². The molecule has 0 aliphatic carbocycles. The highest BCUT2D eigenvalue weighted by atomic mass is 16.3. The van der Waals surface area contributed by atoms with E-state index in [1.807, 2.05) is 65.0 Å². The third kappa shape index (κ3) is 11.5. The molecule has 1 saturated heterocycles. The molecule has 1 aromatic carbocycles. The van der Waals surface area contributed by atoms with Crippen molar-refractivity contribution >= 4 is 17.8 Å². The van der Waals surface area contributed by atoms with Gasteiger partial charge in [0.05, 0.1) is 24.7 Å². The van der Waals surface area contributed by atoms with Crippen LogP contribution in [0.25, 0.3) is 0 Å². The fourth-order valence-electron chi connectivity index (χ4n) is 4.73. The number of carbonyl (C=O) groups is 3. The van der Waals surface area contributed by atoms with Crippen molar-refractivity contribution in [3.63, 3.8) is 0 Å². The summed E-state index contributed by atoms with van der Waals surface area (Å²) in [5, 5.41) is 23.7. The molecule has 1 heterocycles. The van der Waals surface area contributed by atoms with Crippen molar-refractivity contribution in [1.82, 2.24) is 26.2 Å². The molecule has 1 fully saturated rings. The van der Waals surface area contributed by atoms with Crippen molar-refractivity contribution in [2.75, 3.05) is 19.6 Å². The summed E-state index contributed by atoms with van der Waals surface area (Å²) in [7, 11) is 0. The fourth-order valence-corrected chi connectivity index (χ4v) is 4.73. The quantitative estimate of drug-likeness (QED) is 0.240. The van der Waals surface area contributed by atoms with Crippen LogP contribution in [0.1, 0.15) is 79.7 Å². The summed E-state index contributed by atoms with van der Waals surface area (Å²) in [5.74, 6) is -0.207. The Morgan fingerprint density at radius 1 is 1.10 bits per heavy atom. The molecule has 1 aliphatic heterocycles. The van der Waals surface area contributed by atoms with Gasteiger partial charge in [0, 0.05) is 12.1 Å². The highest BCUT2D eigenvalue weighted by Crippen LogP contribution is 2.15. The van der Waals surface area contributed by atoms with Gasteiger partial charge in [-0.05, 0) is 70.4 Å². The summed E-state index contributed by atoms with van der Waals surface area (Å²) in [6.45, 7) is 15.2. The standard InChI is InChI=1S/C31H53N5O4/c1-8-22(4)27(34-28(38)24-15-12-17-32-24)29(39)33-25(19-23-13-10-9-11-14-23)26(37)20-36(18-16-21(2)3)30(40)35-31(5,6)7/h9-11,13-14,21-22,24-27,32,37H,8,12,15-20H2,1-7H3,(H,33,39)(H,34,38)(H,35,40)/t22-,24-,25-,26+,27-/m0/s1. The van der Waals surface area contributed by atoms with Crippen LogP contribution in [0.2, 0.25) is 0 Å². The Morgan fingerprint density at radius 2 is 1.77 bits per heavy atom. The van der Waals surface area contributed by atoms with Crippen LogP contribution in [-0.4, -0.2) is 77.3 Å². The van der Waals surface area contributed by atoms with Gasteiger partial charge in [0.2, 0.25) is 11.8 Å². The van der Waals surface area contributed by atoms with E-state index >= 15 is 0 Å². The van der Waals surface area contributed by atoms with E-state index in [2.05, 4.69) is 35.1 Å². The summed E-state index contributed by atoms with van der Waals surface area (Å²) in [5.41, 5.74) is 0.532. The maximum Gasteiger partial charge on any atom is 0.317 e. The van der Waals surface area contributed by atoms with E-state index in [0.29, 0.717) is 25.3 Å². The van der Waals surface area contributed by atoms with E-state index in [1.165, 1.54) is 0 Å². The largest absolute Gasteiger partial charge is 0.389 e. The Balaban J connectivity index is 2.26. The molecular formula is C31H53N5O4. The number of carbonyl (C=O) groups excluding carboxylic acids is 3. The first-order valence-corrected chi connectivity index (χ1v) is 14.9. The molecule has 226 valence electrons. The van der Waals surface area contributed by atoms with Crippen LogP contribution in [0, 0.1) is 11.8 Å². The summed E-state index contributed by atoms with van der Waals surface area (Å²) < 4.78 is 0. The molecule has 5 N–H and O–H groups in total. The zero-order valence-electron chi connectivity index (χ0n) is 25.6. The molecule has 0 saturated carbocycles. The van der Waals surface area contributed by atoms with Crippen molar-refractivity contribution in [1.29, 1.82) is 0 Å². The zero-order valence-corrected chi connectivity index (χ0v) is 25.6. The maximum absolute atomic E-state index is 13.7. The van der Waals surface area contributed by atoms with Crippen molar-refractivity contribution < 1.29 is 19.5 Å². The number of aliphatic hydroxyl groups excluding tert-OH is 1. The number of rotatable bonds is 14. The molecule has 4 amide bonds. The van der Waals surface area contributed by atoms with Crippen LogP contribution in [0.3, 0.4) is 0 Å². The zero-order chi connectivity index (χ0) is 29.9. The lowest BCUT2D eigenvalue weighted by molar-refractivity contribution is -0.132. The molecule has 40 heavy (non-hydrogen) atoms. The molecule has 0 radical (unpaired) electrons. The van der Waals surface area contributed by atoms with Gasteiger partial charge in [0.1, 0.15) is 6.04 Å². The van der Waals surface area contributed by atoms with E-state index in [-0.39, 0.29) is 36.3 Å². The number of hydrogen-bond donors (Lipinski definition) is 5. The SMILES string of the molecule is CC[C@H](C)[C@H](NC(=O)[C@@H]1CCCN1)C(=O)N[C@@H](Cc1ccccc1)[C@H](O)CN(CCC(C)C)C(=O)NC(C)(C)C. The second-order valence-corrected chi connectivity index (χ2v) is 12.7. The second-order valence-electron chi connectivity index (χ2n) is 12.7. The minimum atomic E-state index is -1.02. The van der Waals surface area contributed by atoms with Gasteiger partial charge in [-0.1, -0.05) is 64.4 Å². The highest BCUT2D eigenvalue weighted by Gasteiger charge is 2.33. The maximum atomic E-state index is 13.7. The number of aliphatic hydroxyl groups is 1. The first kappa shape index (κ1) is 33.6. The normalized spacial score (nSPS) is 18.5. The minimum Gasteiger partial charge on any atom is -0.389 e. The van der Waals surface area contributed by atoms with Crippen molar-refractivity contribution in [3.05, 3.63) is 35.9 Å². The summed E-state index contributed by atoms with van der Waals surface area (Å²) in [4.78, 5) is 41.4. The monoisotopic (exact) mass is 559 g/mol. The highest BCUT2D eigenvalue weighted by molar-refractivity contribution is 5.90. The lowest BCUT2D eigenvalue weighted by Crippen LogP contribution is -2.59. The predicted octanol–water partition coefficient (Wildman–Crippen LogP) is 3.21. The van der Waals surface area contributed by atoms with E-state index in [1.54, 1.807) is 4.90 Å². The lowest BCUT2D eigenvalue weighted by atomic mass is 9.95. The number of hydrogen-bond acceptors (Lipinski definition) is 5. The Hall–Kier alpha value is -2.65. The van der Waals surface area contributed by atoms with Crippen LogP contribution in [0.15, 0.2) is 30.3 Å². The van der Waals surface area contributed by atoms with Crippen LogP contribution < -0.4 is 21.3 Å². The fraction of sp³-hybridized carbons (Fsp3) is 0.710. The summed E-state index contributed by atoms with van der Waals surface area (Å²) >= 11 is 0. The third-order valence-electron chi connectivity index (χ3n) is 7.41. The molecule has 5 atom stereocenters. The topological polar surface area (TPSA) is 123 Å². The number of benzene rings is 1. The molecule has 0 aromatic heterocycles. The average Bonchev–Trinajstić information content (AvgIpc) is 3.43. The van der Waals surface area contributed by atoms with Crippen molar-refractivity contribution in [2.24, 2.45) is 11.8 Å². The Labute approximate surface area is 241 Å². The van der Waals surface area contributed by atoms with Crippen molar-refractivity contribution in [3.8, 4) is 0 Å². The van der Waals surface area contributed by atoms with Gasteiger partial charge < -0.3 is 31.3 Å². The average molecular weight is 560 g/mol. The summed E-state index contributed by atoms with van der Waals surface area (Å²) in [6.07, 6.45) is 2.54. The number of urea groups is 1. The van der Waals surface area contributed by atoms with Crippen LogP contribution in [-0.2, 0) is 16.0 Å². The third-order valence-corrected chi connectivity index (χ3v) is 7.41. The van der Waals surface area contributed by atoms with Gasteiger partial charge in [0.15, 0.2) is 0 Å². The lowest BCUT2D eigenvalue weighted by Gasteiger charge is -2.34. The van der Waals surface area contributed by atoms with Gasteiger partial charge in [-0.15, -0.1) is 0 Å². The van der Waals surface area contributed by atoms with Gasteiger partial charge in [-0.25, -0.2) is 4.79 Å². The summed E-state index contributed by atoms with van der Waals surface area (Å²) in [6, 6.07) is 7.74. The molecule has 2 rings (SSSR count). The molecule has 1 aliphatic rings. The van der Waals surface area contributed by atoms with E-state index in [4.69, 9.17) is 0 Å². The molecule has 1 aromatic rings. The van der Waals surface area contributed by atoms with Crippen molar-refractivity contribution in [2.45, 2.75) is 110 Å². The molecule has 0 spiro atoms. The molecule has 9 nitrogen and oxygen atoms in total. The first-order valence-electron chi connectivity index (χ1n) is 14.9. The molecule has 0 bridgehead atoms. The van der Waals surface area contributed by atoms with Gasteiger partial charge >= 0.3 is 6.03 Å². The Kier molecular flexibility index (Phi) is 13.4. The number of nitrogens with one attached hydrogen (secondary N) is 4. The second kappa shape index (κ2) is 16.0. The van der Waals surface area contributed by atoms with Crippen LogP contribution >= 0.6 is 0 Å². The Bertz CT molecular complexity index is 927. The molecular weight excluding hydrogens is 506 g/mol. The van der Waals surface area contributed by atoms with E-state index < -0.39 is 23.7 Å².